The van der Waals surface area contributed by atoms with Gasteiger partial charge in [-0.2, -0.15) is 20.5 Å². The van der Waals surface area contributed by atoms with E-state index in [1.165, 1.54) is 11.8 Å². The van der Waals surface area contributed by atoms with Gasteiger partial charge in [0.25, 0.3) is 0 Å². The molecular weight excluding hydrogens is 573 g/mol. The van der Waals surface area contributed by atoms with Crippen LogP contribution in [0.3, 0.4) is 0 Å². The minimum absolute atomic E-state index is 0.134. The number of carbonyl (C=O) groups excluding carboxylic acids is 2. The van der Waals surface area contributed by atoms with E-state index in [1.807, 2.05) is 0 Å². The molecule has 0 aliphatic carbocycles. The molecule has 1 aromatic rings. The smallest absolute Gasteiger partial charge is 0.408 e. The third-order valence-corrected chi connectivity index (χ3v) is 5.09. The number of carboxylic acids is 2. The summed E-state index contributed by atoms with van der Waals surface area (Å²) in [5.41, 5.74) is 4.77. The van der Waals surface area contributed by atoms with Gasteiger partial charge >= 0.3 is 24.0 Å². The van der Waals surface area contributed by atoms with Gasteiger partial charge in [0.15, 0.2) is 0 Å². The van der Waals surface area contributed by atoms with Gasteiger partial charge < -0.3 is 36.1 Å². The second-order valence-corrected chi connectivity index (χ2v) is 9.93. The minimum Gasteiger partial charge on any atom is -0.480 e. The van der Waals surface area contributed by atoms with Crippen molar-refractivity contribution in [2.75, 3.05) is 25.1 Å². The number of ether oxygens (including phenoxy) is 2. The first kappa shape index (κ1) is 36.8. The maximum atomic E-state index is 13.2. The van der Waals surface area contributed by atoms with Crippen LogP contribution in [0.1, 0.15) is 40.0 Å². The minimum atomic E-state index is -2.33. The van der Waals surface area contributed by atoms with Gasteiger partial charge in [-0.3, -0.25) is 9.59 Å². The lowest BCUT2D eigenvalue weighted by Crippen LogP contribution is -2.35. The Kier molecular flexibility index (Phi) is 16.1. The lowest BCUT2D eigenvalue weighted by molar-refractivity contribution is -0.139. The lowest BCUT2D eigenvalue weighted by atomic mass is 10.2. The number of alkyl carbamates (subject to hydrolysis) is 1. The molecule has 0 saturated carbocycles. The number of carboxylic acid groups (broad SMARTS) is 2. The van der Waals surface area contributed by atoms with E-state index in [0.29, 0.717) is 5.75 Å². The average molecular weight is 606 g/mol. The summed E-state index contributed by atoms with van der Waals surface area (Å²) < 4.78 is 73.9. The molecule has 11 nitrogen and oxygen atoms in total. The van der Waals surface area contributed by atoms with E-state index < -0.39 is 77.0 Å². The number of nitrogens with one attached hydrogen (secondary N) is 2. The third kappa shape index (κ3) is 13.7. The molecule has 2 rings (SSSR count). The fraction of sp³-hybridized carbons (Fsp3) is 0.565. The highest BCUT2D eigenvalue weighted by atomic mass is 32.2. The van der Waals surface area contributed by atoms with Crippen molar-refractivity contribution in [3.63, 3.8) is 0 Å². The molecule has 228 valence electrons. The number of nitrogens with two attached hydrogens (primary N) is 1. The van der Waals surface area contributed by atoms with Crippen LogP contribution in [0.15, 0.2) is 0 Å². The molecule has 0 spiro atoms. The van der Waals surface area contributed by atoms with Crippen molar-refractivity contribution >= 4 is 35.8 Å². The Labute approximate surface area is 230 Å². The second-order valence-electron chi connectivity index (χ2n) is 8.94. The molecular formula is C23H32F5N3O8S. The lowest BCUT2D eigenvalue weighted by Gasteiger charge is -2.19. The zero-order valence-corrected chi connectivity index (χ0v) is 22.9. The largest absolute Gasteiger partial charge is 0.480 e. The first-order chi connectivity index (χ1) is 18.4. The number of benzene rings is 1. The molecule has 0 bridgehead atoms. The van der Waals surface area contributed by atoms with Gasteiger partial charge in [-0.05, 0) is 58.6 Å². The second kappa shape index (κ2) is 17.5. The summed E-state index contributed by atoms with van der Waals surface area (Å²) >= 11 is 1.36. The number of hydrogen-bond acceptors (Lipinski definition) is 9. The van der Waals surface area contributed by atoms with Crippen molar-refractivity contribution in [2.45, 2.75) is 57.7 Å². The summed E-state index contributed by atoms with van der Waals surface area (Å²) in [4.78, 5) is 42.3. The van der Waals surface area contributed by atoms with E-state index in [9.17, 15) is 41.1 Å². The van der Waals surface area contributed by atoms with Gasteiger partial charge in [0.1, 0.15) is 24.2 Å². The standard InChI is InChI=1S/C11H10F5NO2S.C7H13NO4.C5H9NO2/c1-20-3-2-4(17)11(18)19-10-8(15)6(13)5(12)7(14)9(10)16;1-7(2,3)12-6(11)8-4-5(9)10;7-5(8)4-2-1-3-6-4/h4H,2-3,17H2,1H3;4H2,1-3H3,(H,8,11)(H,9,10);4,6H,1-3H2,(H,7,8)/t;;4-/m..0/s1. The van der Waals surface area contributed by atoms with Crippen LogP contribution in [0, 0.1) is 29.1 Å². The maximum Gasteiger partial charge on any atom is 0.408 e. The Morgan fingerprint density at radius 3 is 1.95 bits per heavy atom. The molecule has 1 heterocycles. The highest BCUT2D eigenvalue weighted by Gasteiger charge is 2.29. The Balaban J connectivity index is 0.000000641. The molecule has 0 radical (unpaired) electrons. The van der Waals surface area contributed by atoms with Gasteiger partial charge in [-0.25, -0.2) is 22.8 Å². The van der Waals surface area contributed by atoms with Crippen LogP contribution in [0.4, 0.5) is 26.7 Å². The first-order valence-corrected chi connectivity index (χ1v) is 12.9. The number of halogens is 5. The molecule has 2 atom stereocenters. The third-order valence-electron chi connectivity index (χ3n) is 4.45. The fourth-order valence-corrected chi connectivity index (χ4v) is 3.06. The van der Waals surface area contributed by atoms with Gasteiger partial charge in [0.05, 0.1) is 0 Å². The Morgan fingerprint density at radius 2 is 1.57 bits per heavy atom. The zero-order chi connectivity index (χ0) is 31.2. The molecule has 1 fully saturated rings. The Morgan fingerprint density at radius 1 is 1.05 bits per heavy atom. The number of aliphatic carboxylic acids is 2. The summed E-state index contributed by atoms with van der Waals surface area (Å²) in [5, 5.41) is 21.5. The van der Waals surface area contributed by atoms with Crippen LogP contribution in [0.5, 0.6) is 5.75 Å². The summed E-state index contributed by atoms with van der Waals surface area (Å²) in [6.45, 7) is 5.54. The molecule has 0 aromatic heterocycles. The molecule has 1 aliphatic heterocycles. The molecule has 1 unspecified atom stereocenters. The quantitative estimate of drug-likeness (QED) is 0.0968. The number of rotatable bonds is 8. The van der Waals surface area contributed by atoms with E-state index in [4.69, 9.17) is 20.7 Å². The summed E-state index contributed by atoms with van der Waals surface area (Å²) in [7, 11) is 0. The van der Waals surface area contributed by atoms with Crippen molar-refractivity contribution in [2.24, 2.45) is 5.73 Å². The predicted molar refractivity (Wildman–Crippen MR) is 133 cm³/mol. The molecule has 1 amide bonds. The monoisotopic (exact) mass is 605 g/mol. The zero-order valence-electron chi connectivity index (χ0n) is 22.1. The molecule has 40 heavy (non-hydrogen) atoms. The van der Waals surface area contributed by atoms with Crippen LogP contribution in [-0.4, -0.2) is 77.0 Å². The van der Waals surface area contributed by atoms with E-state index in [-0.39, 0.29) is 12.5 Å². The van der Waals surface area contributed by atoms with Crippen molar-refractivity contribution in [3.05, 3.63) is 29.1 Å². The summed E-state index contributed by atoms with van der Waals surface area (Å²) in [5.74, 6) is -15.4. The Hall–Kier alpha value is -3.18. The Bertz CT molecular complexity index is 1010. The van der Waals surface area contributed by atoms with Gasteiger partial charge in [-0.1, -0.05) is 0 Å². The normalized spacial score (nSPS) is 15.0. The molecule has 17 heteroatoms. The first-order valence-electron chi connectivity index (χ1n) is 11.5. The maximum absolute atomic E-state index is 13.2. The van der Waals surface area contributed by atoms with Crippen molar-refractivity contribution in [1.29, 1.82) is 0 Å². The van der Waals surface area contributed by atoms with Gasteiger partial charge in [0.2, 0.25) is 34.8 Å². The SMILES string of the molecule is CC(C)(C)OC(=O)NCC(=O)O.CSCCC(N)C(=O)Oc1c(F)c(F)c(F)c(F)c1F.O=C(O)[C@@H]1CCCN1. The van der Waals surface area contributed by atoms with Crippen LogP contribution >= 0.6 is 11.8 Å². The highest BCUT2D eigenvalue weighted by Crippen LogP contribution is 2.29. The van der Waals surface area contributed by atoms with Crippen LogP contribution in [-0.2, 0) is 19.1 Å². The number of esters is 1. The van der Waals surface area contributed by atoms with Crippen molar-refractivity contribution in [3.8, 4) is 5.75 Å². The van der Waals surface area contributed by atoms with Gasteiger partial charge in [-0.15, -0.1) is 0 Å². The van der Waals surface area contributed by atoms with E-state index >= 15 is 0 Å². The summed E-state index contributed by atoms with van der Waals surface area (Å²) in [6, 6.07) is -1.49. The van der Waals surface area contributed by atoms with Crippen molar-refractivity contribution in [1.82, 2.24) is 10.6 Å². The van der Waals surface area contributed by atoms with E-state index in [0.717, 1.165) is 19.4 Å². The topological polar surface area (TPSA) is 177 Å². The van der Waals surface area contributed by atoms with Crippen LogP contribution in [0.2, 0.25) is 0 Å². The van der Waals surface area contributed by atoms with Gasteiger partial charge in [0, 0.05) is 0 Å². The van der Waals surface area contributed by atoms with Crippen LogP contribution < -0.4 is 21.1 Å². The number of hydrogen-bond donors (Lipinski definition) is 5. The van der Waals surface area contributed by atoms with E-state index in [1.54, 1.807) is 27.0 Å². The fourth-order valence-electron chi connectivity index (χ4n) is 2.57. The molecule has 6 N–H and O–H groups in total. The molecule has 1 aliphatic rings. The number of thioether (sulfide) groups is 1. The number of carbonyl (C=O) groups is 4. The summed E-state index contributed by atoms with van der Waals surface area (Å²) in [6.07, 6.45) is 2.94. The van der Waals surface area contributed by atoms with Crippen LogP contribution in [0.25, 0.3) is 0 Å². The average Bonchev–Trinajstić information content (AvgIpc) is 3.41. The van der Waals surface area contributed by atoms with E-state index in [2.05, 4.69) is 15.4 Å². The highest BCUT2D eigenvalue weighted by molar-refractivity contribution is 7.98. The van der Waals surface area contributed by atoms with Crippen molar-refractivity contribution < 1.29 is 60.8 Å². The predicted octanol–water partition coefficient (Wildman–Crippen LogP) is 2.79. The molecule has 1 saturated heterocycles. The molecule has 1 aromatic carbocycles. The number of amides is 1.